The van der Waals surface area contributed by atoms with Gasteiger partial charge in [0.05, 0.1) is 18.5 Å². The summed E-state index contributed by atoms with van der Waals surface area (Å²) in [6.07, 6.45) is 0.0683. The van der Waals surface area contributed by atoms with Crippen molar-refractivity contribution < 1.29 is 9.90 Å². The monoisotopic (exact) mass is 280 g/mol. The van der Waals surface area contributed by atoms with E-state index >= 15 is 0 Å². The maximum Gasteiger partial charge on any atom is 0.305 e. The molecule has 0 aliphatic carbocycles. The molecule has 1 heterocycles. The molecule has 0 amide bonds. The minimum Gasteiger partial charge on any atom is -0.481 e. The van der Waals surface area contributed by atoms with E-state index in [-0.39, 0.29) is 6.42 Å². The van der Waals surface area contributed by atoms with Crippen molar-refractivity contribution in [3.63, 3.8) is 0 Å². The number of hydrogen-bond acceptors (Lipinski definition) is 2. The molecule has 4 nitrogen and oxygen atoms in total. The summed E-state index contributed by atoms with van der Waals surface area (Å²) in [4.78, 5) is 10.8. The third-order valence-electron chi connectivity index (χ3n) is 3.49. The zero-order chi connectivity index (χ0) is 14.8. The smallest absolute Gasteiger partial charge is 0.305 e. The number of rotatable bonds is 4. The summed E-state index contributed by atoms with van der Waals surface area (Å²) in [7, 11) is 0. The molecule has 3 aromatic rings. The molecule has 0 unspecified atom stereocenters. The fourth-order valence-electron chi connectivity index (χ4n) is 2.47. The Kier molecular flexibility index (Phi) is 3.44. The van der Waals surface area contributed by atoms with Crippen molar-refractivity contribution >= 4 is 16.9 Å². The summed E-state index contributed by atoms with van der Waals surface area (Å²) < 4.78 is 1.78. The molecule has 0 aliphatic heterocycles. The second-order valence-corrected chi connectivity index (χ2v) is 5.10. The molecule has 2 aromatic carbocycles. The van der Waals surface area contributed by atoms with E-state index in [2.05, 4.69) is 11.2 Å². The van der Waals surface area contributed by atoms with Gasteiger partial charge in [0.1, 0.15) is 5.69 Å². The van der Waals surface area contributed by atoms with Crippen molar-refractivity contribution in [1.82, 2.24) is 9.78 Å². The minimum absolute atomic E-state index is 0.0683. The summed E-state index contributed by atoms with van der Waals surface area (Å²) in [5.74, 6) is -0.813. The minimum atomic E-state index is -0.813. The lowest BCUT2D eigenvalue weighted by Crippen LogP contribution is -2.05. The molecule has 4 heteroatoms. The quantitative estimate of drug-likeness (QED) is 0.796. The van der Waals surface area contributed by atoms with Crippen molar-refractivity contribution in [2.45, 2.75) is 19.9 Å². The Bertz CT molecular complexity index is 791. The molecule has 0 radical (unpaired) electrons. The second-order valence-electron chi connectivity index (χ2n) is 5.10. The Morgan fingerprint density at radius 2 is 1.95 bits per heavy atom. The van der Waals surface area contributed by atoms with Crippen LogP contribution in [-0.2, 0) is 11.3 Å². The average Bonchev–Trinajstić information content (AvgIpc) is 2.84. The lowest BCUT2D eigenvalue weighted by Gasteiger charge is -2.00. The van der Waals surface area contributed by atoms with Gasteiger partial charge in [0.15, 0.2) is 0 Å². The van der Waals surface area contributed by atoms with Crippen LogP contribution >= 0.6 is 0 Å². The highest BCUT2D eigenvalue weighted by atomic mass is 16.4. The molecular weight excluding hydrogens is 264 g/mol. The molecule has 0 aliphatic rings. The summed E-state index contributed by atoms with van der Waals surface area (Å²) in [5, 5.41) is 14.6. The zero-order valence-electron chi connectivity index (χ0n) is 11.8. The summed E-state index contributed by atoms with van der Waals surface area (Å²) in [6, 6.07) is 16.1. The molecule has 106 valence electrons. The molecule has 0 atom stereocenters. The van der Waals surface area contributed by atoms with Crippen LogP contribution < -0.4 is 0 Å². The molecule has 21 heavy (non-hydrogen) atoms. The van der Waals surface area contributed by atoms with Gasteiger partial charge in [0.25, 0.3) is 0 Å². The lowest BCUT2D eigenvalue weighted by molar-refractivity contribution is -0.137. The van der Waals surface area contributed by atoms with Crippen molar-refractivity contribution in [3.8, 4) is 11.3 Å². The highest BCUT2D eigenvalue weighted by molar-refractivity contribution is 5.93. The van der Waals surface area contributed by atoms with Crippen LogP contribution in [-0.4, -0.2) is 20.9 Å². The highest BCUT2D eigenvalue weighted by Gasteiger charge is 2.13. The van der Waals surface area contributed by atoms with Crippen LogP contribution in [0.3, 0.4) is 0 Å². The van der Waals surface area contributed by atoms with Crippen LogP contribution in [0.1, 0.15) is 12.0 Å². The molecule has 3 rings (SSSR count). The summed E-state index contributed by atoms with van der Waals surface area (Å²) in [6.45, 7) is 2.42. The Balaban J connectivity index is 2.15. The first-order chi connectivity index (χ1) is 10.1. The van der Waals surface area contributed by atoms with E-state index in [0.717, 1.165) is 27.7 Å². The number of aromatic nitrogens is 2. The third kappa shape index (κ3) is 2.65. The van der Waals surface area contributed by atoms with Gasteiger partial charge in [0.2, 0.25) is 0 Å². The van der Waals surface area contributed by atoms with Crippen molar-refractivity contribution in [3.05, 3.63) is 54.1 Å². The van der Waals surface area contributed by atoms with Crippen LogP contribution in [0.25, 0.3) is 22.2 Å². The number of aliphatic carboxylic acids is 1. The third-order valence-corrected chi connectivity index (χ3v) is 3.49. The van der Waals surface area contributed by atoms with Gasteiger partial charge in [-0.2, -0.15) is 5.10 Å². The molecule has 0 saturated carbocycles. The van der Waals surface area contributed by atoms with E-state index in [0.29, 0.717) is 6.54 Å². The molecule has 0 fully saturated rings. The molecule has 0 bridgehead atoms. The fraction of sp³-hybridized carbons (Fsp3) is 0.176. The molecule has 0 spiro atoms. The van der Waals surface area contributed by atoms with Gasteiger partial charge in [-0.05, 0) is 19.1 Å². The second kappa shape index (κ2) is 5.40. The standard InChI is InChI=1S/C17H16N2O2/c1-12-7-8-15-14(11-12)17(13-5-3-2-4-6-13)18-19(15)10-9-16(20)21/h2-8,11H,9-10H2,1H3,(H,20,21). The van der Waals surface area contributed by atoms with Gasteiger partial charge in [-0.1, -0.05) is 42.0 Å². The Morgan fingerprint density at radius 3 is 2.67 bits per heavy atom. The van der Waals surface area contributed by atoms with Crippen LogP contribution in [0, 0.1) is 6.92 Å². The SMILES string of the molecule is Cc1ccc2c(c1)c(-c1ccccc1)nn2CCC(=O)O. The van der Waals surface area contributed by atoms with Gasteiger partial charge in [-0.15, -0.1) is 0 Å². The first kappa shape index (κ1) is 13.4. The maximum atomic E-state index is 10.8. The number of carbonyl (C=O) groups is 1. The van der Waals surface area contributed by atoms with E-state index in [4.69, 9.17) is 5.11 Å². The Labute approximate surface area is 122 Å². The number of benzene rings is 2. The van der Waals surface area contributed by atoms with E-state index in [1.54, 1.807) is 4.68 Å². The van der Waals surface area contributed by atoms with E-state index in [9.17, 15) is 4.79 Å². The van der Waals surface area contributed by atoms with Crippen LogP contribution in [0.15, 0.2) is 48.5 Å². The van der Waals surface area contributed by atoms with Crippen LogP contribution in [0.4, 0.5) is 0 Å². The normalized spacial score (nSPS) is 10.9. The number of carboxylic acid groups (broad SMARTS) is 1. The maximum absolute atomic E-state index is 10.8. The Morgan fingerprint density at radius 1 is 1.19 bits per heavy atom. The number of hydrogen-bond donors (Lipinski definition) is 1. The van der Waals surface area contributed by atoms with Gasteiger partial charge >= 0.3 is 5.97 Å². The summed E-state index contributed by atoms with van der Waals surface area (Å²) >= 11 is 0. The van der Waals surface area contributed by atoms with Gasteiger partial charge < -0.3 is 5.11 Å². The molecule has 0 saturated heterocycles. The van der Waals surface area contributed by atoms with E-state index in [1.807, 2.05) is 49.4 Å². The predicted molar refractivity (Wildman–Crippen MR) is 82.2 cm³/mol. The average molecular weight is 280 g/mol. The number of carboxylic acids is 1. The molecular formula is C17H16N2O2. The van der Waals surface area contributed by atoms with E-state index in [1.165, 1.54) is 0 Å². The van der Waals surface area contributed by atoms with Crippen molar-refractivity contribution in [1.29, 1.82) is 0 Å². The van der Waals surface area contributed by atoms with Gasteiger partial charge in [-0.25, -0.2) is 0 Å². The van der Waals surface area contributed by atoms with Gasteiger partial charge in [-0.3, -0.25) is 9.48 Å². The van der Waals surface area contributed by atoms with Crippen molar-refractivity contribution in [2.24, 2.45) is 0 Å². The Hall–Kier alpha value is -2.62. The fourth-order valence-corrected chi connectivity index (χ4v) is 2.47. The van der Waals surface area contributed by atoms with Gasteiger partial charge in [0, 0.05) is 10.9 Å². The summed E-state index contributed by atoms with van der Waals surface area (Å²) in [5.41, 5.74) is 4.08. The first-order valence-corrected chi connectivity index (χ1v) is 6.89. The molecule has 1 N–H and O–H groups in total. The van der Waals surface area contributed by atoms with Crippen LogP contribution in [0.5, 0.6) is 0 Å². The highest BCUT2D eigenvalue weighted by Crippen LogP contribution is 2.28. The molecule has 1 aromatic heterocycles. The number of nitrogens with zero attached hydrogens (tertiary/aromatic N) is 2. The number of fused-ring (bicyclic) bond motifs is 1. The van der Waals surface area contributed by atoms with E-state index < -0.39 is 5.97 Å². The predicted octanol–water partition coefficient (Wildman–Crippen LogP) is 3.49. The lowest BCUT2D eigenvalue weighted by atomic mass is 10.1. The largest absolute Gasteiger partial charge is 0.481 e. The van der Waals surface area contributed by atoms with Crippen LogP contribution in [0.2, 0.25) is 0 Å². The topological polar surface area (TPSA) is 55.1 Å². The zero-order valence-corrected chi connectivity index (χ0v) is 11.8. The first-order valence-electron chi connectivity index (χ1n) is 6.89. The van der Waals surface area contributed by atoms with Crippen molar-refractivity contribution in [2.75, 3.05) is 0 Å². The number of aryl methyl sites for hydroxylation is 2.